The molecular formula is C11H7FN2S. The van der Waals surface area contributed by atoms with Crippen molar-refractivity contribution in [2.45, 2.75) is 6.92 Å². The third-order valence-electron chi connectivity index (χ3n) is 1.97. The van der Waals surface area contributed by atoms with E-state index in [2.05, 4.69) is 4.98 Å². The number of aryl methyl sites for hydroxylation is 1. The van der Waals surface area contributed by atoms with Crippen LogP contribution in [0.5, 0.6) is 0 Å². The molecule has 15 heavy (non-hydrogen) atoms. The van der Waals surface area contributed by atoms with Crippen LogP contribution in [0, 0.1) is 24.1 Å². The van der Waals surface area contributed by atoms with E-state index < -0.39 is 5.82 Å². The summed E-state index contributed by atoms with van der Waals surface area (Å²) in [4.78, 5) is 5.08. The molecule has 0 saturated heterocycles. The summed E-state index contributed by atoms with van der Waals surface area (Å²) in [5, 5.41) is 9.43. The molecule has 1 aromatic carbocycles. The van der Waals surface area contributed by atoms with Crippen LogP contribution in [0.25, 0.3) is 10.6 Å². The van der Waals surface area contributed by atoms with Crippen LogP contribution in [-0.2, 0) is 0 Å². The van der Waals surface area contributed by atoms with Gasteiger partial charge < -0.3 is 0 Å². The van der Waals surface area contributed by atoms with Gasteiger partial charge in [-0.2, -0.15) is 5.26 Å². The Hall–Kier alpha value is -1.73. The van der Waals surface area contributed by atoms with Crippen LogP contribution in [0.2, 0.25) is 0 Å². The maximum absolute atomic E-state index is 13.5. The van der Waals surface area contributed by atoms with Gasteiger partial charge in [-0.3, -0.25) is 0 Å². The Morgan fingerprint density at radius 3 is 2.87 bits per heavy atom. The van der Waals surface area contributed by atoms with Crippen LogP contribution in [0.3, 0.4) is 0 Å². The molecule has 1 aromatic heterocycles. The maximum atomic E-state index is 13.5. The predicted octanol–water partition coefficient (Wildman–Crippen LogP) is 3.13. The van der Waals surface area contributed by atoms with Crippen LogP contribution in [0.1, 0.15) is 10.4 Å². The molecule has 4 heteroatoms. The van der Waals surface area contributed by atoms with E-state index in [9.17, 15) is 4.39 Å². The molecule has 2 nitrogen and oxygen atoms in total. The molecule has 0 N–H and O–H groups in total. The van der Waals surface area contributed by atoms with Gasteiger partial charge in [0.05, 0.1) is 17.2 Å². The highest BCUT2D eigenvalue weighted by Crippen LogP contribution is 2.29. The summed E-state index contributed by atoms with van der Waals surface area (Å²) in [6, 6.07) is 6.43. The highest BCUT2D eigenvalue weighted by molar-refractivity contribution is 7.15. The first-order valence-electron chi connectivity index (χ1n) is 4.34. The van der Waals surface area contributed by atoms with Crippen LogP contribution < -0.4 is 0 Å². The summed E-state index contributed by atoms with van der Waals surface area (Å²) in [5.41, 5.74) is 0.627. The standard InChI is InChI=1S/C11H7FN2S/c1-7-6-14-11(15-7)10-8(5-13)3-2-4-9(10)12/h2-4,6H,1H3. The van der Waals surface area contributed by atoms with Crippen molar-refractivity contribution in [3.63, 3.8) is 0 Å². The minimum Gasteiger partial charge on any atom is -0.244 e. The van der Waals surface area contributed by atoms with Gasteiger partial charge in [-0.15, -0.1) is 11.3 Å². The zero-order valence-corrected chi connectivity index (χ0v) is 8.81. The molecule has 0 spiro atoms. The number of rotatable bonds is 1. The Balaban J connectivity index is 2.67. The molecule has 0 aliphatic carbocycles. The van der Waals surface area contributed by atoms with Crippen molar-refractivity contribution in [2.75, 3.05) is 0 Å². The van der Waals surface area contributed by atoms with Gasteiger partial charge in [0.15, 0.2) is 0 Å². The van der Waals surface area contributed by atoms with Crippen LogP contribution in [0.15, 0.2) is 24.4 Å². The van der Waals surface area contributed by atoms with E-state index in [1.54, 1.807) is 12.3 Å². The van der Waals surface area contributed by atoms with Crippen molar-refractivity contribution in [1.29, 1.82) is 5.26 Å². The van der Waals surface area contributed by atoms with Crippen molar-refractivity contribution < 1.29 is 4.39 Å². The average molecular weight is 218 g/mol. The van der Waals surface area contributed by atoms with Gasteiger partial charge >= 0.3 is 0 Å². The van der Waals surface area contributed by atoms with E-state index in [4.69, 9.17) is 5.26 Å². The highest BCUT2D eigenvalue weighted by Gasteiger charge is 2.13. The Morgan fingerprint density at radius 2 is 2.27 bits per heavy atom. The van der Waals surface area contributed by atoms with Gasteiger partial charge in [-0.25, -0.2) is 9.37 Å². The molecule has 0 saturated carbocycles. The zero-order valence-electron chi connectivity index (χ0n) is 7.99. The number of benzene rings is 1. The molecule has 0 amide bonds. The molecule has 0 fully saturated rings. The summed E-state index contributed by atoms with van der Waals surface area (Å²) in [6.07, 6.45) is 1.67. The average Bonchev–Trinajstić information content (AvgIpc) is 2.64. The van der Waals surface area contributed by atoms with Gasteiger partial charge in [0.1, 0.15) is 10.8 Å². The fraction of sp³-hybridized carbons (Fsp3) is 0.0909. The Kier molecular flexibility index (Phi) is 2.48. The summed E-state index contributed by atoms with van der Waals surface area (Å²) in [5.74, 6) is -0.400. The molecule has 0 atom stereocenters. The van der Waals surface area contributed by atoms with E-state index in [0.717, 1.165) is 4.88 Å². The first-order valence-corrected chi connectivity index (χ1v) is 5.15. The summed E-state index contributed by atoms with van der Waals surface area (Å²) in [7, 11) is 0. The first kappa shape index (κ1) is 9.81. The summed E-state index contributed by atoms with van der Waals surface area (Å²) >= 11 is 1.38. The van der Waals surface area contributed by atoms with Gasteiger partial charge in [-0.05, 0) is 19.1 Å². The minimum atomic E-state index is -0.400. The lowest BCUT2D eigenvalue weighted by molar-refractivity contribution is 0.631. The van der Waals surface area contributed by atoms with Crippen molar-refractivity contribution in [3.05, 3.63) is 40.7 Å². The monoisotopic (exact) mass is 218 g/mol. The predicted molar refractivity (Wildman–Crippen MR) is 57.0 cm³/mol. The van der Waals surface area contributed by atoms with E-state index in [1.165, 1.54) is 23.5 Å². The molecule has 0 unspecified atom stereocenters. The molecule has 0 radical (unpaired) electrons. The lowest BCUT2D eigenvalue weighted by Crippen LogP contribution is -1.88. The van der Waals surface area contributed by atoms with Crippen LogP contribution in [-0.4, -0.2) is 4.98 Å². The third-order valence-corrected chi connectivity index (χ3v) is 2.90. The normalized spacial score (nSPS) is 9.93. The number of nitrogens with zero attached hydrogens (tertiary/aromatic N) is 2. The molecule has 0 aliphatic heterocycles. The lowest BCUT2D eigenvalue weighted by atomic mass is 10.1. The Labute approximate surface area is 90.6 Å². The summed E-state index contributed by atoms with van der Waals surface area (Å²) in [6.45, 7) is 1.90. The molecule has 74 valence electrons. The number of hydrogen-bond acceptors (Lipinski definition) is 3. The van der Waals surface area contributed by atoms with Gasteiger partial charge in [0.25, 0.3) is 0 Å². The number of thiazole rings is 1. The van der Waals surface area contributed by atoms with E-state index >= 15 is 0 Å². The fourth-order valence-corrected chi connectivity index (χ4v) is 2.13. The first-order chi connectivity index (χ1) is 7.22. The Morgan fingerprint density at radius 1 is 1.47 bits per heavy atom. The van der Waals surface area contributed by atoms with E-state index in [1.807, 2.05) is 13.0 Å². The van der Waals surface area contributed by atoms with Crippen molar-refractivity contribution in [3.8, 4) is 16.6 Å². The minimum absolute atomic E-state index is 0.304. The van der Waals surface area contributed by atoms with Crippen LogP contribution >= 0.6 is 11.3 Å². The quantitative estimate of drug-likeness (QED) is 0.737. The van der Waals surface area contributed by atoms with Crippen molar-refractivity contribution in [1.82, 2.24) is 4.98 Å². The second-order valence-electron chi connectivity index (χ2n) is 3.05. The number of hydrogen-bond donors (Lipinski definition) is 0. The largest absolute Gasteiger partial charge is 0.244 e. The fourth-order valence-electron chi connectivity index (χ4n) is 1.30. The van der Waals surface area contributed by atoms with Crippen molar-refractivity contribution >= 4 is 11.3 Å². The lowest BCUT2D eigenvalue weighted by Gasteiger charge is -2.00. The maximum Gasteiger partial charge on any atom is 0.134 e. The molecule has 0 aliphatic rings. The second kappa shape index (κ2) is 3.79. The van der Waals surface area contributed by atoms with E-state index in [-0.39, 0.29) is 0 Å². The SMILES string of the molecule is Cc1cnc(-c2c(F)cccc2C#N)s1. The van der Waals surface area contributed by atoms with Crippen molar-refractivity contribution in [2.24, 2.45) is 0 Å². The molecule has 2 aromatic rings. The molecule has 1 heterocycles. The van der Waals surface area contributed by atoms with Crippen LogP contribution in [0.4, 0.5) is 4.39 Å². The molecule has 0 bridgehead atoms. The second-order valence-corrected chi connectivity index (χ2v) is 4.29. The topological polar surface area (TPSA) is 36.7 Å². The number of aromatic nitrogens is 1. The summed E-state index contributed by atoms with van der Waals surface area (Å²) < 4.78 is 13.5. The zero-order chi connectivity index (χ0) is 10.8. The van der Waals surface area contributed by atoms with Gasteiger partial charge in [-0.1, -0.05) is 6.07 Å². The van der Waals surface area contributed by atoms with Gasteiger partial charge in [0.2, 0.25) is 0 Å². The third kappa shape index (κ3) is 1.74. The highest BCUT2D eigenvalue weighted by atomic mass is 32.1. The smallest absolute Gasteiger partial charge is 0.134 e. The number of nitriles is 1. The Bertz CT molecular complexity index is 540. The number of halogens is 1. The van der Waals surface area contributed by atoms with Gasteiger partial charge in [0, 0.05) is 11.1 Å². The van der Waals surface area contributed by atoms with E-state index in [0.29, 0.717) is 16.1 Å². The molecular weight excluding hydrogens is 211 g/mol. The molecule has 2 rings (SSSR count).